The van der Waals surface area contributed by atoms with Gasteiger partial charge in [-0.15, -0.1) is 0 Å². The summed E-state index contributed by atoms with van der Waals surface area (Å²) >= 11 is 0. The van der Waals surface area contributed by atoms with Crippen molar-refractivity contribution in [1.29, 1.82) is 0 Å². The highest BCUT2D eigenvalue weighted by molar-refractivity contribution is 5.76. The van der Waals surface area contributed by atoms with Crippen molar-refractivity contribution < 1.29 is 14.7 Å². The standard InChI is InChI=1S/C17H30N2O3/c1-16(2)10-13(18-9-7-5-6-8-14(18)20)11-17(3,4)19(16)12-15(21)22/h13H,5-12H2,1-4H3,(H,21,22). The molecule has 0 aromatic rings. The minimum Gasteiger partial charge on any atom is -0.480 e. The number of carbonyl (C=O) groups excluding carboxylic acids is 1. The first kappa shape index (κ1) is 17.3. The maximum absolute atomic E-state index is 12.4. The normalized spacial score (nSPS) is 26.7. The second kappa shape index (κ2) is 6.19. The van der Waals surface area contributed by atoms with Gasteiger partial charge in [0, 0.05) is 30.1 Å². The Morgan fingerprint density at radius 1 is 1.14 bits per heavy atom. The van der Waals surface area contributed by atoms with Gasteiger partial charge in [-0.3, -0.25) is 14.5 Å². The SMILES string of the molecule is CC1(C)CC(N2CCCCCC2=O)CC(C)(C)N1CC(=O)O. The monoisotopic (exact) mass is 310 g/mol. The Morgan fingerprint density at radius 2 is 1.73 bits per heavy atom. The molecule has 0 atom stereocenters. The van der Waals surface area contributed by atoms with Crippen molar-refractivity contribution in [2.24, 2.45) is 0 Å². The van der Waals surface area contributed by atoms with Crippen LogP contribution in [0, 0.1) is 0 Å². The van der Waals surface area contributed by atoms with Crippen LogP contribution in [-0.4, -0.2) is 57.0 Å². The third kappa shape index (κ3) is 3.62. The van der Waals surface area contributed by atoms with Gasteiger partial charge in [0.05, 0.1) is 6.54 Å². The average molecular weight is 310 g/mol. The van der Waals surface area contributed by atoms with E-state index in [0.29, 0.717) is 6.42 Å². The van der Waals surface area contributed by atoms with Crippen LogP contribution in [0.4, 0.5) is 0 Å². The lowest BCUT2D eigenvalue weighted by Crippen LogP contribution is -2.65. The maximum atomic E-state index is 12.4. The van der Waals surface area contributed by atoms with Gasteiger partial charge >= 0.3 is 5.97 Å². The number of hydrogen-bond acceptors (Lipinski definition) is 3. The van der Waals surface area contributed by atoms with Crippen LogP contribution < -0.4 is 0 Å². The summed E-state index contributed by atoms with van der Waals surface area (Å²) in [5.74, 6) is -0.508. The van der Waals surface area contributed by atoms with Crippen LogP contribution in [0.2, 0.25) is 0 Å². The van der Waals surface area contributed by atoms with Crippen LogP contribution >= 0.6 is 0 Å². The molecule has 1 amide bonds. The Labute approximate surface area is 133 Å². The van der Waals surface area contributed by atoms with Crippen LogP contribution in [0.1, 0.15) is 66.2 Å². The van der Waals surface area contributed by atoms with E-state index in [2.05, 4.69) is 37.5 Å². The van der Waals surface area contributed by atoms with Crippen molar-refractivity contribution in [2.45, 2.75) is 83.3 Å². The highest BCUT2D eigenvalue weighted by atomic mass is 16.4. The summed E-state index contributed by atoms with van der Waals surface area (Å²) in [5.41, 5.74) is -0.450. The molecule has 126 valence electrons. The fourth-order valence-corrected chi connectivity index (χ4v) is 4.44. The van der Waals surface area contributed by atoms with Gasteiger partial charge in [-0.25, -0.2) is 0 Å². The van der Waals surface area contributed by atoms with E-state index in [0.717, 1.165) is 38.6 Å². The molecule has 1 N–H and O–H groups in total. The number of carbonyl (C=O) groups is 2. The summed E-state index contributed by atoms with van der Waals surface area (Å²) in [6.07, 6.45) is 5.57. The molecule has 0 spiro atoms. The molecule has 5 nitrogen and oxygen atoms in total. The molecule has 22 heavy (non-hydrogen) atoms. The lowest BCUT2D eigenvalue weighted by Gasteiger charge is -2.56. The van der Waals surface area contributed by atoms with E-state index in [1.54, 1.807) is 0 Å². The lowest BCUT2D eigenvalue weighted by atomic mass is 9.76. The second-order valence-electron chi connectivity index (χ2n) is 8.06. The van der Waals surface area contributed by atoms with Gasteiger partial charge in [0.2, 0.25) is 5.91 Å². The summed E-state index contributed by atoms with van der Waals surface area (Å²) in [6, 6.07) is 0.223. The number of likely N-dealkylation sites (tertiary alicyclic amines) is 2. The molecule has 0 bridgehead atoms. The summed E-state index contributed by atoms with van der Waals surface area (Å²) in [4.78, 5) is 27.8. The van der Waals surface area contributed by atoms with Crippen LogP contribution in [0.3, 0.4) is 0 Å². The first-order valence-corrected chi connectivity index (χ1v) is 8.42. The molecule has 0 aromatic heterocycles. The molecule has 2 fully saturated rings. The molecule has 2 rings (SSSR count). The molecule has 0 aromatic carbocycles. The molecule has 0 unspecified atom stereocenters. The van der Waals surface area contributed by atoms with Crippen molar-refractivity contribution in [3.05, 3.63) is 0 Å². The smallest absolute Gasteiger partial charge is 0.317 e. The molecule has 2 heterocycles. The van der Waals surface area contributed by atoms with E-state index in [1.165, 1.54) is 0 Å². The minimum absolute atomic E-state index is 0.0562. The quantitative estimate of drug-likeness (QED) is 0.870. The molecule has 2 aliphatic rings. The summed E-state index contributed by atoms with van der Waals surface area (Å²) in [5, 5.41) is 9.22. The van der Waals surface area contributed by atoms with Crippen molar-refractivity contribution in [3.8, 4) is 0 Å². The molecule has 0 aliphatic carbocycles. The fraction of sp³-hybridized carbons (Fsp3) is 0.882. The zero-order valence-corrected chi connectivity index (χ0v) is 14.4. The van der Waals surface area contributed by atoms with E-state index in [-0.39, 0.29) is 29.6 Å². The Kier molecular flexibility index (Phi) is 4.85. The van der Waals surface area contributed by atoms with Crippen molar-refractivity contribution >= 4 is 11.9 Å². The van der Waals surface area contributed by atoms with Crippen LogP contribution in [0.15, 0.2) is 0 Å². The van der Waals surface area contributed by atoms with Crippen molar-refractivity contribution in [2.75, 3.05) is 13.1 Å². The second-order valence-corrected chi connectivity index (χ2v) is 8.06. The molecule has 2 aliphatic heterocycles. The topological polar surface area (TPSA) is 60.9 Å². The zero-order chi connectivity index (χ0) is 16.5. The van der Waals surface area contributed by atoms with E-state index in [9.17, 15) is 14.7 Å². The minimum atomic E-state index is -0.787. The van der Waals surface area contributed by atoms with Gasteiger partial charge in [0.1, 0.15) is 0 Å². The lowest BCUT2D eigenvalue weighted by molar-refractivity contribution is -0.150. The van der Waals surface area contributed by atoms with E-state index < -0.39 is 5.97 Å². The van der Waals surface area contributed by atoms with Gasteiger partial charge < -0.3 is 10.0 Å². The van der Waals surface area contributed by atoms with Crippen molar-refractivity contribution in [3.63, 3.8) is 0 Å². The summed E-state index contributed by atoms with van der Waals surface area (Å²) in [7, 11) is 0. The first-order valence-electron chi connectivity index (χ1n) is 8.42. The predicted molar refractivity (Wildman–Crippen MR) is 85.7 cm³/mol. The number of carboxylic acid groups (broad SMARTS) is 1. The number of rotatable bonds is 3. The maximum Gasteiger partial charge on any atom is 0.317 e. The highest BCUT2D eigenvalue weighted by Gasteiger charge is 2.48. The molecular weight excluding hydrogens is 280 g/mol. The number of piperidine rings is 1. The number of nitrogens with zero attached hydrogens (tertiary/aromatic N) is 2. The van der Waals surface area contributed by atoms with E-state index in [4.69, 9.17) is 0 Å². The fourth-order valence-electron chi connectivity index (χ4n) is 4.44. The summed E-state index contributed by atoms with van der Waals surface area (Å²) in [6.45, 7) is 9.33. The first-order chi connectivity index (χ1) is 10.1. The van der Waals surface area contributed by atoms with Crippen LogP contribution in [-0.2, 0) is 9.59 Å². The van der Waals surface area contributed by atoms with E-state index in [1.807, 2.05) is 0 Å². The van der Waals surface area contributed by atoms with Gasteiger partial charge in [0.25, 0.3) is 0 Å². The number of amides is 1. The van der Waals surface area contributed by atoms with Crippen LogP contribution in [0.5, 0.6) is 0 Å². The van der Waals surface area contributed by atoms with Gasteiger partial charge in [-0.2, -0.15) is 0 Å². The summed E-state index contributed by atoms with van der Waals surface area (Å²) < 4.78 is 0. The Hall–Kier alpha value is -1.10. The van der Waals surface area contributed by atoms with Gasteiger partial charge in [0.15, 0.2) is 0 Å². The number of hydrogen-bond donors (Lipinski definition) is 1. The van der Waals surface area contributed by atoms with E-state index >= 15 is 0 Å². The van der Waals surface area contributed by atoms with Gasteiger partial charge in [-0.1, -0.05) is 6.42 Å². The zero-order valence-electron chi connectivity index (χ0n) is 14.4. The van der Waals surface area contributed by atoms with Crippen LogP contribution in [0.25, 0.3) is 0 Å². The highest BCUT2D eigenvalue weighted by Crippen LogP contribution is 2.40. The molecule has 2 saturated heterocycles. The average Bonchev–Trinajstić information content (AvgIpc) is 2.57. The molecule has 0 saturated carbocycles. The Bertz CT molecular complexity index is 427. The number of carboxylic acids is 1. The largest absolute Gasteiger partial charge is 0.480 e. The third-order valence-corrected chi connectivity index (χ3v) is 5.28. The molecular formula is C17H30N2O3. The number of aliphatic carboxylic acids is 1. The molecule has 0 radical (unpaired) electrons. The Balaban J connectivity index is 2.20. The van der Waals surface area contributed by atoms with Gasteiger partial charge in [-0.05, 0) is 53.4 Å². The van der Waals surface area contributed by atoms with Crippen molar-refractivity contribution in [1.82, 2.24) is 9.80 Å². The Morgan fingerprint density at radius 3 is 2.27 bits per heavy atom. The third-order valence-electron chi connectivity index (χ3n) is 5.28. The molecule has 5 heteroatoms. The predicted octanol–water partition coefficient (Wildman–Crippen LogP) is 2.50.